The lowest BCUT2D eigenvalue weighted by Crippen LogP contribution is -2.54. The van der Waals surface area contributed by atoms with Gasteiger partial charge in [-0.25, -0.2) is 9.78 Å². The lowest BCUT2D eigenvalue weighted by molar-refractivity contribution is -0.119. The van der Waals surface area contributed by atoms with Crippen molar-refractivity contribution in [1.82, 2.24) is 35.1 Å². The SMILES string of the molecule is COc1nc(C2(NC(=O)c3cn(C)c(=O)n(C)c3=O)C=CC=C(c3ccccc3Cl)[C@@H]2Cl)ncc1CNCC1CCC(=O)N1. The number of nitrogens with zero attached hydrogens (tertiary/aromatic N) is 4. The van der Waals surface area contributed by atoms with Crippen molar-refractivity contribution in [3.63, 3.8) is 0 Å². The van der Waals surface area contributed by atoms with Gasteiger partial charge in [0.25, 0.3) is 11.5 Å². The van der Waals surface area contributed by atoms with E-state index < -0.39 is 28.1 Å². The Morgan fingerprint density at radius 1 is 1.23 bits per heavy atom. The minimum atomic E-state index is -1.57. The maximum Gasteiger partial charge on any atom is 0.330 e. The predicted octanol–water partition coefficient (Wildman–Crippen LogP) is 1.79. The Kier molecular flexibility index (Phi) is 9.05. The van der Waals surface area contributed by atoms with Crippen molar-refractivity contribution in [3.8, 4) is 5.88 Å². The van der Waals surface area contributed by atoms with E-state index in [1.807, 2.05) is 6.07 Å². The minimum absolute atomic E-state index is 0.0337. The van der Waals surface area contributed by atoms with Gasteiger partial charge in [-0.05, 0) is 29.7 Å². The van der Waals surface area contributed by atoms with Gasteiger partial charge < -0.3 is 25.3 Å². The Hall–Kier alpha value is -4.26. The number of alkyl halides is 1. The second-order valence-electron chi connectivity index (χ2n) is 10.6. The van der Waals surface area contributed by atoms with E-state index in [1.165, 1.54) is 27.4 Å². The van der Waals surface area contributed by atoms with Crippen LogP contribution in [0.1, 0.15) is 40.2 Å². The lowest BCUT2D eigenvalue weighted by atomic mass is 9.82. The van der Waals surface area contributed by atoms with Gasteiger partial charge in [-0.15, -0.1) is 11.6 Å². The highest BCUT2D eigenvalue weighted by atomic mass is 35.5. The van der Waals surface area contributed by atoms with Crippen LogP contribution < -0.4 is 31.9 Å². The van der Waals surface area contributed by atoms with Crippen molar-refractivity contribution >= 4 is 40.6 Å². The van der Waals surface area contributed by atoms with Crippen LogP contribution in [-0.2, 0) is 31.0 Å². The molecule has 1 aromatic carbocycles. The van der Waals surface area contributed by atoms with E-state index in [0.717, 1.165) is 15.6 Å². The van der Waals surface area contributed by atoms with Crippen molar-refractivity contribution in [2.45, 2.75) is 36.3 Å². The van der Waals surface area contributed by atoms with Gasteiger partial charge in [0.05, 0.1) is 12.5 Å². The zero-order valence-corrected chi connectivity index (χ0v) is 25.8. The topological polar surface area (TPSA) is 149 Å². The summed E-state index contributed by atoms with van der Waals surface area (Å²) in [5.41, 5.74) is -1.33. The van der Waals surface area contributed by atoms with Crippen LogP contribution in [0, 0.1) is 0 Å². The predicted molar refractivity (Wildman–Crippen MR) is 166 cm³/mol. The number of nitrogens with one attached hydrogen (secondary N) is 3. The van der Waals surface area contributed by atoms with E-state index >= 15 is 0 Å². The average Bonchev–Trinajstić information content (AvgIpc) is 3.44. The summed E-state index contributed by atoms with van der Waals surface area (Å²) in [6.45, 7) is 0.915. The van der Waals surface area contributed by atoms with Crippen LogP contribution in [0.15, 0.2) is 64.5 Å². The van der Waals surface area contributed by atoms with E-state index in [1.54, 1.807) is 42.6 Å². The smallest absolute Gasteiger partial charge is 0.330 e. The normalized spacial score (nSPS) is 21.1. The third kappa shape index (κ3) is 5.92. The summed E-state index contributed by atoms with van der Waals surface area (Å²) in [4.78, 5) is 59.8. The summed E-state index contributed by atoms with van der Waals surface area (Å²) in [5.74, 6) is -0.407. The number of hydrogen-bond acceptors (Lipinski definition) is 8. The summed E-state index contributed by atoms with van der Waals surface area (Å²) in [6, 6.07) is 7.18. The molecule has 2 amide bonds. The van der Waals surface area contributed by atoms with Gasteiger partial charge in [-0.1, -0.05) is 42.0 Å². The van der Waals surface area contributed by atoms with Crippen molar-refractivity contribution in [1.29, 1.82) is 0 Å². The highest BCUT2D eigenvalue weighted by Gasteiger charge is 2.46. The molecule has 12 nitrogen and oxygen atoms in total. The molecule has 1 aliphatic carbocycles. The summed E-state index contributed by atoms with van der Waals surface area (Å²) in [6.07, 6.45) is 9.14. The molecule has 3 aromatic rings. The average molecular weight is 641 g/mol. The Morgan fingerprint density at radius 2 is 2.00 bits per heavy atom. The number of hydrogen-bond donors (Lipinski definition) is 3. The number of aromatic nitrogens is 4. The van der Waals surface area contributed by atoms with Gasteiger partial charge in [0.2, 0.25) is 11.8 Å². The molecule has 0 bridgehead atoms. The number of aryl methyl sites for hydroxylation is 1. The molecule has 2 aromatic heterocycles. The molecular weight excluding hydrogens is 609 g/mol. The Balaban J connectivity index is 1.54. The van der Waals surface area contributed by atoms with Crippen LogP contribution >= 0.6 is 23.2 Å². The van der Waals surface area contributed by atoms with E-state index in [0.29, 0.717) is 41.2 Å². The summed E-state index contributed by atoms with van der Waals surface area (Å²) in [5, 5.41) is 8.56. The molecule has 44 heavy (non-hydrogen) atoms. The molecule has 0 radical (unpaired) electrons. The summed E-state index contributed by atoms with van der Waals surface area (Å²) in [7, 11) is 4.21. The number of allylic oxidation sites excluding steroid dienone is 2. The van der Waals surface area contributed by atoms with Crippen molar-refractivity contribution in [2.24, 2.45) is 14.1 Å². The zero-order chi connectivity index (χ0) is 31.6. The first-order valence-corrected chi connectivity index (χ1v) is 14.6. The molecule has 1 saturated heterocycles. The zero-order valence-electron chi connectivity index (χ0n) is 24.3. The van der Waals surface area contributed by atoms with Crippen LogP contribution in [-0.4, -0.2) is 56.0 Å². The van der Waals surface area contributed by atoms with Gasteiger partial charge in [0.1, 0.15) is 11.1 Å². The number of benzene rings is 1. The Morgan fingerprint density at radius 3 is 2.70 bits per heavy atom. The maximum absolute atomic E-state index is 13.8. The van der Waals surface area contributed by atoms with E-state index in [9.17, 15) is 19.2 Å². The van der Waals surface area contributed by atoms with Crippen molar-refractivity contribution in [3.05, 3.63) is 103 Å². The molecular formula is C30H31Cl2N7O5. The van der Waals surface area contributed by atoms with Gasteiger partial charge in [-0.3, -0.25) is 19.0 Å². The molecule has 14 heteroatoms. The first-order chi connectivity index (χ1) is 21.1. The number of amides is 2. The quantitative estimate of drug-likeness (QED) is 0.300. The van der Waals surface area contributed by atoms with Crippen LogP contribution in [0.3, 0.4) is 0 Å². The van der Waals surface area contributed by atoms with Crippen LogP contribution in [0.25, 0.3) is 5.57 Å². The largest absolute Gasteiger partial charge is 0.481 e. The molecule has 230 valence electrons. The standard InChI is InChI=1S/C30H31Cl2N7O5/c1-38-16-21(27(42)39(2)29(38)43)25(41)37-30(12-6-8-20(24(30)32)19-7-4-5-9-22(19)31)28-34-14-17(26(36-28)44-3)13-33-15-18-10-11-23(40)35-18/h4-9,12,14,16,18,24,33H,10-11,13,15H2,1-3H3,(H,35,40)(H,37,41)/t18?,24-,30?/m0/s1. The lowest BCUT2D eigenvalue weighted by Gasteiger charge is -2.38. The molecule has 1 fully saturated rings. The number of rotatable bonds is 9. The molecule has 1 aliphatic heterocycles. The number of ether oxygens (including phenoxy) is 1. The second kappa shape index (κ2) is 12.8. The van der Waals surface area contributed by atoms with Gasteiger partial charge in [0.15, 0.2) is 5.82 Å². The van der Waals surface area contributed by atoms with Crippen LogP contribution in [0.5, 0.6) is 5.88 Å². The highest BCUT2D eigenvalue weighted by Crippen LogP contribution is 2.42. The number of carbonyl (C=O) groups is 2. The Labute approximate surface area is 262 Å². The number of carbonyl (C=O) groups excluding carboxylic acids is 2. The molecule has 3 heterocycles. The molecule has 0 saturated carbocycles. The Bertz CT molecular complexity index is 1800. The monoisotopic (exact) mass is 639 g/mol. The summed E-state index contributed by atoms with van der Waals surface area (Å²) >= 11 is 13.7. The van der Waals surface area contributed by atoms with E-state index in [-0.39, 0.29) is 29.2 Å². The second-order valence-corrected chi connectivity index (χ2v) is 11.5. The first-order valence-electron chi connectivity index (χ1n) is 13.8. The summed E-state index contributed by atoms with van der Waals surface area (Å²) < 4.78 is 7.61. The minimum Gasteiger partial charge on any atom is -0.481 e. The fraction of sp³-hybridized carbons (Fsp3) is 0.333. The number of methoxy groups -OCH3 is 1. The van der Waals surface area contributed by atoms with Crippen molar-refractivity contribution < 1.29 is 14.3 Å². The third-order valence-corrected chi connectivity index (χ3v) is 8.59. The molecule has 2 aliphatic rings. The van der Waals surface area contributed by atoms with Gasteiger partial charge >= 0.3 is 5.69 Å². The molecule has 5 rings (SSSR count). The number of halogens is 2. The first kappa shape index (κ1) is 31.2. The van der Waals surface area contributed by atoms with Gasteiger partial charge in [-0.2, -0.15) is 4.98 Å². The molecule has 3 N–H and O–H groups in total. The third-order valence-electron chi connectivity index (χ3n) is 7.68. The molecule has 0 spiro atoms. The van der Waals surface area contributed by atoms with Crippen LogP contribution in [0.4, 0.5) is 0 Å². The van der Waals surface area contributed by atoms with E-state index in [2.05, 4.69) is 25.9 Å². The molecule has 3 atom stereocenters. The highest BCUT2D eigenvalue weighted by molar-refractivity contribution is 6.34. The van der Waals surface area contributed by atoms with Gasteiger partial charge in [0, 0.05) is 62.6 Å². The fourth-order valence-electron chi connectivity index (χ4n) is 5.31. The fourth-order valence-corrected chi connectivity index (χ4v) is 5.97. The maximum atomic E-state index is 13.8. The van der Waals surface area contributed by atoms with E-state index in [4.69, 9.17) is 27.9 Å². The van der Waals surface area contributed by atoms with Crippen LogP contribution in [0.2, 0.25) is 5.02 Å². The van der Waals surface area contributed by atoms with Crippen molar-refractivity contribution in [2.75, 3.05) is 13.7 Å². The molecule has 2 unspecified atom stereocenters.